The average Bonchev–Trinajstić information content (AvgIpc) is 2.61. The van der Waals surface area contributed by atoms with E-state index >= 15 is 0 Å². The van der Waals surface area contributed by atoms with E-state index in [9.17, 15) is 4.79 Å². The number of nitrogens with one attached hydrogen (secondary N) is 2. The minimum atomic E-state index is 0.0855. The number of benzene rings is 1. The molecule has 132 valence electrons. The van der Waals surface area contributed by atoms with E-state index in [0.29, 0.717) is 12.7 Å². The van der Waals surface area contributed by atoms with E-state index in [1.807, 2.05) is 18.2 Å². The Morgan fingerprint density at radius 2 is 2.21 bits per heavy atom. The lowest BCUT2D eigenvalue weighted by molar-refractivity contribution is -0.120. The second kappa shape index (κ2) is 8.63. The van der Waals surface area contributed by atoms with Gasteiger partial charge in [0, 0.05) is 12.2 Å². The molecule has 3 atom stereocenters. The second-order valence-electron chi connectivity index (χ2n) is 7.44. The third kappa shape index (κ3) is 5.05. The van der Waals surface area contributed by atoms with Gasteiger partial charge in [-0.3, -0.25) is 4.79 Å². The maximum atomic E-state index is 12.3. The molecule has 3 rings (SSSR count). The third-order valence-corrected chi connectivity index (χ3v) is 5.24. The normalized spacial score (nSPS) is 27.6. The molecule has 3 unspecified atom stereocenters. The Kier molecular flexibility index (Phi) is 6.27. The van der Waals surface area contributed by atoms with Crippen molar-refractivity contribution >= 4 is 11.6 Å². The zero-order valence-electron chi connectivity index (χ0n) is 14.7. The molecule has 0 aromatic heterocycles. The molecule has 1 heterocycles. The van der Waals surface area contributed by atoms with Crippen LogP contribution >= 0.6 is 0 Å². The summed E-state index contributed by atoms with van der Waals surface area (Å²) in [6, 6.07) is 8.07. The monoisotopic (exact) mass is 330 g/mol. The molecule has 1 saturated carbocycles. The maximum Gasteiger partial charge on any atom is 0.228 e. The Morgan fingerprint density at radius 3 is 3.00 bits per heavy atom. The first-order valence-corrected chi connectivity index (χ1v) is 9.43. The number of amides is 1. The van der Waals surface area contributed by atoms with Gasteiger partial charge in [0.25, 0.3) is 0 Å². The Labute approximate surface area is 145 Å². The number of carbonyl (C=O) groups is 1. The molecule has 1 aliphatic carbocycles. The standard InChI is InChI=1S/C20H30N2O2/c1-15-5-2-9-19(11-15)24-14-16-6-3-8-18(12-16)22-20(23)17-7-4-10-21-13-17/h3,6,8,12,15,17,19,21H,2,4-5,7,9-11,13-14H2,1H3,(H,22,23). The molecular formula is C20H30N2O2. The summed E-state index contributed by atoms with van der Waals surface area (Å²) in [4.78, 5) is 12.3. The summed E-state index contributed by atoms with van der Waals surface area (Å²) in [5.74, 6) is 0.988. The van der Waals surface area contributed by atoms with Gasteiger partial charge in [0.1, 0.15) is 0 Å². The minimum absolute atomic E-state index is 0.0855. The summed E-state index contributed by atoms with van der Waals surface area (Å²) in [6.07, 6.45) is 7.39. The van der Waals surface area contributed by atoms with E-state index < -0.39 is 0 Å². The quantitative estimate of drug-likeness (QED) is 0.865. The van der Waals surface area contributed by atoms with Crippen LogP contribution in [0.1, 0.15) is 51.0 Å². The number of anilines is 1. The van der Waals surface area contributed by atoms with Crippen molar-refractivity contribution in [1.29, 1.82) is 0 Å². The first kappa shape index (κ1) is 17.4. The van der Waals surface area contributed by atoms with Crippen LogP contribution in [0.2, 0.25) is 0 Å². The Balaban J connectivity index is 1.50. The van der Waals surface area contributed by atoms with Gasteiger partial charge in [-0.15, -0.1) is 0 Å². The molecule has 4 nitrogen and oxygen atoms in total. The molecular weight excluding hydrogens is 300 g/mol. The summed E-state index contributed by atoms with van der Waals surface area (Å²) in [6.45, 7) is 4.75. The Bertz CT molecular complexity index is 540. The van der Waals surface area contributed by atoms with E-state index in [1.54, 1.807) is 0 Å². The highest BCUT2D eigenvalue weighted by atomic mass is 16.5. The van der Waals surface area contributed by atoms with E-state index in [1.165, 1.54) is 25.7 Å². The largest absolute Gasteiger partial charge is 0.374 e. The van der Waals surface area contributed by atoms with Crippen LogP contribution in [0.15, 0.2) is 24.3 Å². The SMILES string of the molecule is CC1CCCC(OCc2cccc(NC(=O)C3CCCNC3)c2)C1. The van der Waals surface area contributed by atoms with Crippen molar-refractivity contribution in [2.45, 2.75) is 58.2 Å². The predicted octanol–water partition coefficient (Wildman–Crippen LogP) is 3.72. The highest BCUT2D eigenvalue weighted by molar-refractivity contribution is 5.92. The topological polar surface area (TPSA) is 50.4 Å². The number of hydrogen-bond donors (Lipinski definition) is 2. The van der Waals surface area contributed by atoms with Crippen molar-refractivity contribution in [3.05, 3.63) is 29.8 Å². The molecule has 1 saturated heterocycles. The first-order chi connectivity index (χ1) is 11.7. The van der Waals surface area contributed by atoms with Gasteiger partial charge >= 0.3 is 0 Å². The average molecular weight is 330 g/mol. The highest BCUT2D eigenvalue weighted by Gasteiger charge is 2.21. The fraction of sp³-hybridized carbons (Fsp3) is 0.650. The van der Waals surface area contributed by atoms with Crippen molar-refractivity contribution < 1.29 is 9.53 Å². The van der Waals surface area contributed by atoms with Crippen LogP contribution < -0.4 is 10.6 Å². The van der Waals surface area contributed by atoms with Crippen LogP contribution in [0.25, 0.3) is 0 Å². The Morgan fingerprint density at radius 1 is 1.29 bits per heavy atom. The number of hydrogen-bond acceptors (Lipinski definition) is 3. The van der Waals surface area contributed by atoms with Crippen LogP contribution in [0.4, 0.5) is 5.69 Å². The lowest BCUT2D eigenvalue weighted by Crippen LogP contribution is -2.37. The molecule has 0 spiro atoms. The zero-order chi connectivity index (χ0) is 16.8. The predicted molar refractivity (Wildman–Crippen MR) is 96.9 cm³/mol. The molecule has 1 aromatic rings. The summed E-state index contributed by atoms with van der Waals surface area (Å²) < 4.78 is 6.09. The van der Waals surface area contributed by atoms with Gasteiger partial charge in [-0.1, -0.05) is 31.9 Å². The maximum absolute atomic E-state index is 12.3. The summed E-state index contributed by atoms with van der Waals surface area (Å²) in [5.41, 5.74) is 2.01. The van der Waals surface area contributed by atoms with Crippen molar-refractivity contribution in [3.8, 4) is 0 Å². The van der Waals surface area contributed by atoms with Gasteiger partial charge in [0.05, 0.1) is 18.6 Å². The highest BCUT2D eigenvalue weighted by Crippen LogP contribution is 2.26. The van der Waals surface area contributed by atoms with Gasteiger partial charge in [-0.2, -0.15) is 0 Å². The van der Waals surface area contributed by atoms with Crippen molar-refractivity contribution in [1.82, 2.24) is 5.32 Å². The lowest BCUT2D eigenvalue weighted by Gasteiger charge is -2.27. The summed E-state index contributed by atoms with van der Waals surface area (Å²) in [7, 11) is 0. The first-order valence-electron chi connectivity index (χ1n) is 9.43. The van der Waals surface area contributed by atoms with E-state index in [2.05, 4.69) is 23.6 Å². The van der Waals surface area contributed by atoms with Crippen LogP contribution in [0, 0.1) is 11.8 Å². The number of carbonyl (C=O) groups excluding carboxylic acids is 1. The van der Waals surface area contributed by atoms with Gasteiger partial charge < -0.3 is 15.4 Å². The van der Waals surface area contributed by atoms with E-state index in [4.69, 9.17) is 4.74 Å². The molecule has 1 aromatic carbocycles. The third-order valence-electron chi connectivity index (χ3n) is 5.24. The molecule has 0 bridgehead atoms. The fourth-order valence-electron chi connectivity index (χ4n) is 3.80. The van der Waals surface area contributed by atoms with Crippen molar-refractivity contribution in [2.75, 3.05) is 18.4 Å². The van der Waals surface area contributed by atoms with Gasteiger partial charge in [0.2, 0.25) is 5.91 Å². The molecule has 2 aliphatic rings. The molecule has 1 amide bonds. The lowest BCUT2D eigenvalue weighted by atomic mass is 9.89. The fourth-order valence-corrected chi connectivity index (χ4v) is 3.80. The van der Waals surface area contributed by atoms with Crippen LogP contribution in [0.5, 0.6) is 0 Å². The molecule has 1 aliphatic heterocycles. The van der Waals surface area contributed by atoms with Crippen LogP contribution in [-0.4, -0.2) is 25.1 Å². The zero-order valence-corrected chi connectivity index (χ0v) is 14.7. The Hall–Kier alpha value is -1.39. The molecule has 2 N–H and O–H groups in total. The summed E-state index contributed by atoms with van der Waals surface area (Å²) in [5, 5.41) is 6.35. The van der Waals surface area contributed by atoms with Crippen molar-refractivity contribution in [2.24, 2.45) is 11.8 Å². The van der Waals surface area contributed by atoms with Gasteiger partial charge in [0.15, 0.2) is 0 Å². The molecule has 24 heavy (non-hydrogen) atoms. The van der Waals surface area contributed by atoms with Crippen molar-refractivity contribution in [3.63, 3.8) is 0 Å². The van der Waals surface area contributed by atoms with Gasteiger partial charge in [-0.05, 0) is 55.8 Å². The van der Waals surface area contributed by atoms with Crippen LogP contribution in [0.3, 0.4) is 0 Å². The van der Waals surface area contributed by atoms with Crippen LogP contribution in [-0.2, 0) is 16.1 Å². The number of rotatable bonds is 5. The molecule has 2 fully saturated rings. The molecule has 4 heteroatoms. The summed E-state index contributed by atoms with van der Waals surface area (Å²) >= 11 is 0. The minimum Gasteiger partial charge on any atom is -0.374 e. The van der Waals surface area contributed by atoms with Gasteiger partial charge in [-0.25, -0.2) is 0 Å². The van der Waals surface area contributed by atoms with E-state index in [0.717, 1.165) is 43.1 Å². The number of piperidine rings is 1. The van der Waals surface area contributed by atoms with E-state index in [-0.39, 0.29) is 11.8 Å². The second-order valence-corrected chi connectivity index (χ2v) is 7.44. The smallest absolute Gasteiger partial charge is 0.228 e. The number of ether oxygens (including phenoxy) is 1. The molecule has 0 radical (unpaired) electrons.